The van der Waals surface area contributed by atoms with Gasteiger partial charge in [-0.1, -0.05) is 23.7 Å². The molecule has 0 aliphatic carbocycles. The largest absolute Gasteiger partial charge is 0.253 e. The second kappa shape index (κ2) is 2.63. The Morgan fingerprint density at radius 1 is 1.17 bits per heavy atom. The van der Waals surface area contributed by atoms with Gasteiger partial charge >= 0.3 is 0 Å². The molecule has 1 aromatic heterocycles. The molecule has 2 radical (unpaired) electrons. The normalized spacial score (nSPS) is 10.4. The van der Waals surface area contributed by atoms with Gasteiger partial charge in [-0.3, -0.25) is 4.98 Å². The number of benzene rings is 1. The average Bonchev–Trinajstić information content (AvgIpc) is 2.05. The minimum absolute atomic E-state index is 0.785. The van der Waals surface area contributed by atoms with Crippen molar-refractivity contribution in [2.75, 3.05) is 0 Å². The van der Waals surface area contributed by atoms with Gasteiger partial charge in [-0.15, -0.1) is 0 Å². The van der Waals surface area contributed by atoms with Crippen LogP contribution in [0.15, 0.2) is 30.3 Å². The predicted octanol–water partition coefficient (Wildman–Crippen LogP) is 1.34. The van der Waals surface area contributed by atoms with Crippen molar-refractivity contribution in [2.24, 2.45) is 0 Å². The van der Waals surface area contributed by atoms with Crippen LogP contribution in [0.1, 0.15) is 5.69 Å². The Bertz CT molecular complexity index is 382. The van der Waals surface area contributed by atoms with Gasteiger partial charge in [0.2, 0.25) is 0 Å². The van der Waals surface area contributed by atoms with E-state index in [1.165, 1.54) is 0 Å². The molecule has 2 rings (SSSR count). The first-order chi connectivity index (χ1) is 5.75. The molecule has 0 bridgehead atoms. The molecular formula is C10H8BN. The van der Waals surface area contributed by atoms with Gasteiger partial charge in [0.15, 0.2) is 0 Å². The molecule has 0 aliphatic rings. The van der Waals surface area contributed by atoms with Crippen LogP contribution in [0.25, 0.3) is 10.9 Å². The first-order valence-corrected chi connectivity index (χ1v) is 3.88. The topological polar surface area (TPSA) is 12.9 Å². The Morgan fingerprint density at radius 2 is 2.00 bits per heavy atom. The maximum Gasteiger partial charge on any atom is 0.113 e. The quantitative estimate of drug-likeness (QED) is 0.520. The molecular weight excluding hydrogens is 145 g/mol. The predicted molar refractivity (Wildman–Crippen MR) is 51.9 cm³/mol. The van der Waals surface area contributed by atoms with E-state index >= 15 is 0 Å². The van der Waals surface area contributed by atoms with E-state index in [0.29, 0.717) is 0 Å². The number of aryl methyl sites for hydroxylation is 1. The second-order valence-corrected chi connectivity index (χ2v) is 2.90. The van der Waals surface area contributed by atoms with E-state index < -0.39 is 0 Å². The Hall–Kier alpha value is -1.31. The molecule has 12 heavy (non-hydrogen) atoms. The fraction of sp³-hybridized carbons (Fsp3) is 0.100. The minimum Gasteiger partial charge on any atom is -0.253 e. The minimum atomic E-state index is 0.785. The summed E-state index contributed by atoms with van der Waals surface area (Å²) in [5.74, 6) is 0. The van der Waals surface area contributed by atoms with Crippen molar-refractivity contribution in [3.63, 3.8) is 0 Å². The van der Waals surface area contributed by atoms with Gasteiger partial charge in [-0.05, 0) is 24.4 Å². The highest BCUT2D eigenvalue weighted by atomic mass is 14.7. The fourth-order valence-corrected chi connectivity index (χ4v) is 1.25. The second-order valence-electron chi connectivity index (χ2n) is 2.90. The van der Waals surface area contributed by atoms with Crippen molar-refractivity contribution in [3.05, 3.63) is 36.0 Å². The molecule has 2 heteroatoms. The number of rotatable bonds is 0. The van der Waals surface area contributed by atoms with Crippen LogP contribution in [0.4, 0.5) is 0 Å². The molecule has 56 valence electrons. The van der Waals surface area contributed by atoms with Crippen molar-refractivity contribution >= 4 is 24.2 Å². The van der Waals surface area contributed by atoms with Crippen LogP contribution in [0.3, 0.4) is 0 Å². The summed E-state index contributed by atoms with van der Waals surface area (Å²) < 4.78 is 0. The Morgan fingerprint density at radius 3 is 2.83 bits per heavy atom. The van der Waals surface area contributed by atoms with E-state index in [2.05, 4.69) is 4.98 Å². The highest BCUT2D eigenvalue weighted by Gasteiger charge is 1.93. The fourth-order valence-electron chi connectivity index (χ4n) is 1.25. The molecule has 0 unspecified atom stereocenters. The summed E-state index contributed by atoms with van der Waals surface area (Å²) in [4.78, 5) is 4.36. The molecule has 1 nitrogen and oxygen atoms in total. The third kappa shape index (κ3) is 1.20. The van der Waals surface area contributed by atoms with Crippen LogP contribution >= 0.6 is 0 Å². The molecule has 0 saturated carbocycles. The van der Waals surface area contributed by atoms with Crippen molar-refractivity contribution in [1.29, 1.82) is 0 Å². The number of hydrogen-bond acceptors (Lipinski definition) is 1. The molecule has 1 aromatic carbocycles. The third-order valence-corrected chi connectivity index (χ3v) is 1.85. The van der Waals surface area contributed by atoms with Gasteiger partial charge in [0.1, 0.15) is 7.85 Å². The third-order valence-electron chi connectivity index (χ3n) is 1.85. The molecule has 0 aliphatic heterocycles. The maximum atomic E-state index is 5.63. The monoisotopic (exact) mass is 153 g/mol. The Kier molecular flexibility index (Phi) is 1.61. The zero-order valence-electron chi connectivity index (χ0n) is 6.91. The lowest BCUT2D eigenvalue weighted by atomic mass is 9.95. The van der Waals surface area contributed by atoms with Gasteiger partial charge < -0.3 is 0 Å². The zero-order valence-corrected chi connectivity index (χ0v) is 6.91. The Balaban J connectivity index is 2.79. The van der Waals surface area contributed by atoms with Gasteiger partial charge in [-0.2, -0.15) is 0 Å². The summed E-state index contributed by atoms with van der Waals surface area (Å²) in [6.07, 6.45) is 0. The summed E-state index contributed by atoms with van der Waals surface area (Å²) in [5, 5.41) is 1.10. The van der Waals surface area contributed by atoms with E-state index in [4.69, 9.17) is 7.85 Å². The molecule has 0 amide bonds. The van der Waals surface area contributed by atoms with Crippen LogP contribution in [-0.4, -0.2) is 12.8 Å². The SMILES string of the molecule is [B]c1ccc2nc(C)ccc2c1. The maximum absolute atomic E-state index is 5.63. The lowest BCUT2D eigenvalue weighted by Crippen LogP contribution is -2.00. The highest BCUT2D eigenvalue weighted by molar-refractivity contribution is 6.33. The first kappa shape index (κ1) is 7.35. The summed E-state index contributed by atoms with van der Waals surface area (Å²) >= 11 is 0. The van der Waals surface area contributed by atoms with Gasteiger partial charge in [0, 0.05) is 5.69 Å². The smallest absolute Gasteiger partial charge is 0.113 e. The standard InChI is InChI=1S/C10H8BN/c1-7-2-3-8-6-9(11)4-5-10(8)12-7/h2-6H,1H3. The van der Waals surface area contributed by atoms with E-state index in [9.17, 15) is 0 Å². The van der Waals surface area contributed by atoms with Crippen LogP contribution in [0.5, 0.6) is 0 Å². The van der Waals surface area contributed by atoms with Gasteiger partial charge in [-0.25, -0.2) is 0 Å². The van der Waals surface area contributed by atoms with E-state index in [1.54, 1.807) is 0 Å². The molecule has 0 atom stereocenters. The van der Waals surface area contributed by atoms with Gasteiger partial charge in [0.05, 0.1) is 5.52 Å². The van der Waals surface area contributed by atoms with Crippen LogP contribution < -0.4 is 5.46 Å². The van der Waals surface area contributed by atoms with Crippen molar-refractivity contribution in [3.8, 4) is 0 Å². The van der Waals surface area contributed by atoms with E-state index in [0.717, 1.165) is 22.1 Å². The number of fused-ring (bicyclic) bond motifs is 1. The lowest BCUT2D eigenvalue weighted by molar-refractivity contribution is 1.26. The molecule has 0 spiro atoms. The van der Waals surface area contributed by atoms with E-state index in [1.807, 2.05) is 37.3 Å². The van der Waals surface area contributed by atoms with Crippen LogP contribution in [0.2, 0.25) is 0 Å². The average molecular weight is 153 g/mol. The van der Waals surface area contributed by atoms with Crippen molar-refractivity contribution in [1.82, 2.24) is 4.98 Å². The summed E-state index contributed by atoms with van der Waals surface area (Å²) in [5.41, 5.74) is 2.82. The van der Waals surface area contributed by atoms with Crippen LogP contribution in [-0.2, 0) is 0 Å². The molecule has 0 saturated heterocycles. The number of pyridine rings is 1. The summed E-state index contributed by atoms with van der Waals surface area (Å²) in [7, 11) is 5.63. The number of hydrogen-bond donors (Lipinski definition) is 0. The number of nitrogens with zero attached hydrogens (tertiary/aromatic N) is 1. The highest BCUT2D eigenvalue weighted by Crippen LogP contribution is 2.09. The molecule has 1 heterocycles. The molecule has 0 fully saturated rings. The van der Waals surface area contributed by atoms with Gasteiger partial charge in [0.25, 0.3) is 0 Å². The Labute approximate surface area is 72.8 Å². The summed E-state index contributed by atoms with van der Waals surface area (Å²) in [6.45, 7) is 1.98. The van der Waals surface area contributed by atoms with Crippen molar-refractivity contribution < 1.29 is 0 Å². The zero-order chi connectivity index (χ0) is 8.55. The van der Waals surface area contributed by atoms with Crippen molar-refractivity contribution in [2.45, 2.75) is 6.92 Å². The number of aromatic nitrogens is 1. The van der Waals surface area contributed by atoms with Crippen LogP contribution in [0, 0.1) is 6.92 Å². The summed E-state index contributed by atoms with van der Waals surface area (Å²) in [6, 6.07) is 9.77. The first-order valence-electron chi connectivity index (χ1n) is 3.88. The molecule has 2 aromatic rings. The van der Waals surface area contributed by atoms with E-state index in [-0.39, 0.29) is 0 Å². The molecule has 0 N–H and O–H groups in total. The lowest BCUT2D eigenvalue weighted by Gasteiger charge is -1.99.